The van der Waals surface area contributed by atoms with Gasteiger partial charge in [-0.15, -0.1) is 0 Å². The summed E-state index contributed by atoms with van der Waals surface area (Å²) < 4.78 is 13.3. The zero-order chi connectivity index (χ0) is 10.7. The molecule has 0 fully saturated rings. The minimum atomic E-state index is -0.747. The van der Waals surface area contributed by atoms with Crippen LogP contribution in [-0.4, -0.2) is 11.2 Å². The van der Waals surface area contributed by atoms with Crippen LogP contribution in [0.1, 0.15) is 24.9 Å². The van der Waals surface area contributed by atoms with Gasteiger partial charge in [0.25, 0.3) is 0 Å². The van der Waals surface area contributed by atoms with Crippen LogP contribution in [0.3, 0.4) is 0 Å². The Labute approximate surface area is 87.5 Å². The molecule has 0 spiro atoms. The Morgan fingerprint density at radius 2 is 2.21 bits per heavy atom. The summed E-state index contributed by atoms with van der Waals surface area (Å²) in [5, 5.41) is 9.88. The first-order valence-electron chi connectivity index (χ1n) is 4.44. The molecule has 0 aliphatic rings. The van der Waals surface area contributed by atoms with Crippen molar-refractivity contribution in [3.63, 3.8) is 0 Å². The van der Waals surface area contributed by atoms with Crippen LogP contribution in [0.15, 0.2) is 18.2 Å². The first kappa shape index (κ1) is 11.4. The molecule has 0 radical (unpaired) electrons. The number of rotatable bonds is 3. The van der Waals surface area contributed by atoms with Crippen molar-refractivity contribution in [1.82, 2.24) is 0 Å². The second-order valence-electron chi connectivity index (χ2n) is 3.17. The molecule has 0 amide bonds. The number of hydrogen-bond donors (Lipinski definition) is 2. The van der Waals surface area contributed by atoms with Crippen molar-refractivity contribution >= 4 is 11.6 Å². The predicted molar refractivity (Wildman–Crippen MR) is 54.6 cm³/mol. The number of hydrogen-bond acceptors (Lipinski definition) is 2. The van der Waals surface area contributed by atoms with Crippen molar-refractivity contribution in [3.05, 3.63) is 34.6 Å². The van der Waals surface area contributed by atoms with E-state index in [1.54, 1.807) is 6.92 Å². The van der Waals surface area contributed by atoms with E-state index >= 15 is 0 Å². The third-order valence-electron chi connectivity index (χ3n) is 2.15. The maximum Gasteiger partial charge on any atom is 0.128 e. The van der Waals surface area contributed by atoms with Gasteiger partial charge in [0.15, 0.2) is 0 Å². The highest BCUT2D eigenvalue weighted by atomic mass is 35.5. The molecule has 3 N–H and O–H groups in total. The zero-order valence-electron chi connectivity index (χ0n) is 7.87. The molecule has 78 valence electrons. The third kappa shape index (κ3) is 2.44. The van der Waals surface area contributed by atoms with Crippen molar-refractivity contribution in [3.8, 4) is 0 Å². The molecule has 2 atom stereocenters. The van der Waals surface area contributed by atoms with Gasteiger partial charge in [-0.25, -0.2) is 4.39 Å². The average molecular weight is 218 g/mol. The fraction of sp³-hybridized carbons (Fsp3) is 0.400. The minimum Gasteiger partial charge on any atom is -0.391 e. The third-order valence-corrected chi connectivity index (χ3v) is 2.39. The number of aliphatic hydroxyl groups excluding tert-OH is 1. The molecule has 0 saturated carbocycles. The molecule has 0 heterocycles. The maximum absolute atomic E-state index is 13.3. The Kier molecular flexibility index (Phi) is 3.86. The average Bonchev–Trinajstić information content (AvgIpc) is 2.19. The highest BCUT2D eigenvalue weighted by Crippen LogP contribution is 2.23. The highest BCUT2D eigenvalue weighted by molar-refractivity contribution is 6.30. The van der Waals surface area contributed by atoms with E-state index < -0.39 is 18.0 Å². The summed E-state index contributed by atoms with van der Waals surface area (Å²) in [6.45, 7) is 1.78. The molecule has 0 saturated heterocycles. The maximum atomic E-state index is 13.3. The van der Waals surface area contributed by atoms with Gasteiger partial charge in [0, 0.05) is 10.6 Å². The largest absolute Gasteiger partial charge is 0.391 e. The van der Waals surface area contributed by atoms with Gasteiger partial charge in [-0.3, -0.25) is 0 Å². The SMILES string of the molecule is CC[C@H](O)[C@H](N)c1cc(Cl)ccc1F. The van der Waals surface area contributed by atoms with Gasteiger partial charge in [-0.2, -0.15) is 0 Å². The van der Waals surface area contributed by atoms with E-state index in [0.29, 0.717) is 11.4 Å². The van der Waals surface area contributed by atoms with Crippen LogP contribution in [0.2, 0.25) is 5.02 Å². The molecule has 0 aromatic heterocycles. The zero-order valence-corrected chi connectivity index (χ0v) is 8.63. The Morgan fingerprint density at radius 1 is 1.57 bits per heavy atom. The van der Waals surface area contributed by atoms with Crippen molar-refractivity contribution in [1.29, 1.82) is 0 Å². The summed E-state index contributed by atoms with van der Waals surface area (Å²) in [4.78, 5) is 0. The molecule has 1 aromatic carbocycles. The van der Waals surface area contributed by atoms with Gasteiger partial charge >= 0.3 is 0 Å². The summed E-state index contributed by atoms with van der Waals surface area (Å²) in [6.07, 6.45) is -0.268. The molecule has 0 aliphatic carbocycles. The van der Waals surface area contributed by atoms with Gasteiger partial charge in [0.2, 0.25) is 0 Å². The fourth-order valence-electron chi connectivity index (χ4n) is 1.23. The van der Waals surface area contributed by atoms with Crippen LogP contribution in [-0.2, 0) is 0 Å². The van der Waals surface area contributed by atoms with E-state index in [0.717, 1.165) is 0 Å². The summed E-state index contributed by atoms with van der Waals surface area (Å²) in [5.74, 6) is -0.436. The molecule has 4 heteroatoms. The van der Waals surface area contributed by atoms with Crippen LogP contribution in [0.4, 0.5) is 4.39 Å². The van der Waals surface area contributed by atoms with E-state index in [2.05, 4.69) is 0 Å². The van der Waals surface area contributed by atoms with E-state index in [-0.39, 0.29) is 5.56 Å². The number of aliphatic hydroxyl groups is 1. The molecular formula is C10H13ClFNO. The highest BCUT2D eigenvalue weighted by Gasteiger charge is 2.18. The lowest BCUT2D eigenvalue weighted by molar-refractivity contribution is 0.139. The topological polar surface area (TPSA) is 46.2 Å². The summed E-state index contributed by atoms with van der Waals surface area (Å²) in [7, 11) is 0. The Morgan fingerprint density at radius 3 is 2.79 bits per heavy atom. The monoisotopic (exact) mass is 217 g/mol. The van der Waals surface area contributed by atoms with Crippen LogP contribution >= 0.6 is 11.6 Å². The van der Waals surface area contributed by atoms with E-state index in [1.807, 2.05) is 0 Å². The summed E-state index contributed by atoms with van der Waals surface area (Å²) >= 11 is 5.70. The van der Waals surface area contributed by atoms with Crippen LogP contribution in [0, 0.1) is 5.82 Å². The van der Waals surface area contributed by atoms with E-state index in [4.69, 9.17) is 17.3 Å². The molecule has 2 nitrogen and oxygen atoms in total. The Bertz CT molecular complexity index is 319. The molecule has 14 heavy (non-hydrogen) atoms. The molecule has 1 aromatic rings. The lowest BCUT2D eigenvalue weighted by Crippen LogP contribution is -2.26. The fourth-order valence-corrected chi connectivity index (χ4v) is 1.41. The molecule has 0 unspecified atom stereocenters. The first-order chi connectivity index (χ1) is 6.56. The lowest BCUT2D eigenvalue weighted by atomic mass is 10.0. The van der Waals surface area contributed by atoms with Gasteiger partial charge in [-0.05, 0) is 24.6 Å². The van der Waals surface area contributed by atoms with Crippen molar-refractivity contribution in [2.45, 2.75) is 25.5 Å². The second-order valence-corrected chi connectivity index (χ2v) is 3.60. The van der Waals surface area contributed by atoms with Crippen molar-refractivity contribution < 1.29 is 9.50 Å². The number of nitrogens with two attached hydrogens (primary N) is 1. The standard InChI is InChI=1S/C10H13ClFNO/c1-2-9(14)10(13)7-5-6(11)3-4-8(7)12/h3-5,9-10,14H,2,13H2,1H3/t9-,10+/m0/s1. The molecule has 0 bridgehead atoms. The summed E-state index contributed by atoms with van der Waals surface area (Å²) in [5.41, 5.74) is 5.93. The van der Waals surface area contributed by atoms with Gasteiger partial charge in [-0.1, -0.05) is 18.5 Å². The van der Waals surface area contributed by atoms with Crippen molar-refractivity contribution in [2.24, 2.45) is 5.73 Å². The van der Waals surface area contributed by atoms with Crippen molar-refractivity contribution in [2.75, 3.05) is 0 Å². The van der Waals surface area contributed by atoms with Crippen LogP contribution < -0.4 is 5.73 Å². The second kappa shape index (κ2) is 4.73. The molecule has 0 aliphatic heterocycles. The van der Waals surface area contributed by atoms with Crippen LogP contribution in [0.5, 0.6) is 0 Å². The number of halogens is 2. The van der Waals surface area contributed by atoms with Crippen LogP contribution in [0.25, 0.3) is 0 Å². The Balaban J connectivity index is 2.99. The number of benzene rings is 1. The summed E-state index contributed by atoms with van der Waals surface area (Å²) in [6, 6.07) is 3.42. The van der Waals surface area contributed by atoms with Gasteiger partial charge in [0.05, 0.1) is 12.1 Å². The van der Waals surface area contributed by atoms with Gasteiger partial charge < -0.3 is 10.8 Å². The quantitative estimate of drug-likeness (QED) is 0.816. The van der Waals surface area contributed by atoms with Gasteiger partial charge in [0.1, 0.15) is 5.82 Å². The Hall–Kier alpha value is -0.640. The lowest BCUT2D eigenvalue weighted by Gasteiger charge is -2.18. The predicted octanol–water partition coefficient (Wildman–Crippen LogP) is 2.25. The van der Waals surface area contributed by atoms with E-state index in [1.165, 1.54) is 18.2 Å². The minimum absolute atomic E-state index is 0.256. The molecule has 1 rings (SSSR count). The first-order valence-corrected chi connectivity index (χ1v) is 4.82. The smallest absolute Gasteiger partial charge is 0.128 e. The normalized spacial score (nSPS) is 15.2. The molecular weight excluding hydrogens is 205 g/mol. The van der Waals surface area contributed by atoms with E-state index in [9.17, 15) is 9.50 Å².